The van der Waals surface area contributed by atoms with Gasteiger partial charge in [0.25, 0.3) is 12.0 Å². The van der Waals surface area contributed by atoms with Crippen LogP contribution < -0.4 is 21.3 Å². The third-order valence-electron chi connectivity index (χ3n) is 5.61. The second-order valence-corrected chi connectivity index (χ2v) is 8.40. The number of primary amides is 1. The molecule has 0 saturated carbocycles. The van der Waals surface area contributed by atoms with Gasteiger partial charge in [0.1, 0.15) is 12.4 Å². The van der Waals surface area contributed by atoms with E-state index in [1.54, 1.807) is 36.5 Å². The van der Waals surface area contributed by atoms with E-state index < -0.39 is 42.4 Å². The topological polar surface area (TPSA) is 146 Å². The lowest BCUT2D eigenvalue weighted by atomic mass is 10.0. The molecule has 12 heteroatoms. The molecule has 2 amide bonds. The molecule has 202 valence electrons. The number of methoxy groups -OCH3 is 1. The molecule has 0 aliphatic carbocycles. The fourth-order valence-corrected chi connectivity index (χ4v) is 3.86. The van der Waals surface area contributed by atoms with Crippen molar-refractivity contribution in [3.05, 3.63) is 76.4 Å². The maximum absolute atomic E-state index is 13.1. The summed E-state index contributed by atoms with van der Waals surface area (Å²) in [6, 6.07) is 9.03. The fourth-order valence-electron chi connectivity index (χ4n) is 3.86. The number of aromatic nitrogens is 2. The van der Waals surface area contributed by atoms with Crippen LogP contribution in [0.2, 0.25) is 0 Å². The van der Waals surface area contributed by atoms with Gasteiger partial charge in [-0.15, -0.1) is 0 Å². The first-order valence-electron chi connectivity index (χ1n) is 11.7. The van der Waals surface area contributed by atoms with Crippen molar-refractivity contribution in [1.29, 1.82) is 0 Å². The average Bonchev–Trinajstić information content (AvgIpc) is 3.29. The first-order chi connectivity index (χ1) is 18.2. The van der Waals surface area contributed by atoms with E-state index in [1.165, 1.54) is 16.7 Å². The van der Waals surface area contributed by atoms with Gasteiger partial charge in [-0.1, -0.05) is 24.3 Å². The van der Waals surface area contributed by atoms with Gasteiger partial charge in [-0.2, -0.15) is 0 Å². The van der Waals surface area contributed by atoms with E-state index in [4.69, 9.17) is 10.5 Å². The minimum Gasteiger partial charge on any atom is -0.485 e. The third kappa shape index (κ3) is 7.76. The van der Waals surface area contributed by atoms with Crippen LogP contribution in [-0.4, -0.2) is 53.5 Å². The molecule has 0 radical (unpaired) electrons. The first kappa shape index (κ1) is 28.1. The Labute approximate surface area is 216 Å². The quantitative estimate of drug-likeness (QED) is 0.290. The number of ketones is 1. The number of amides is 2. The molecule has 3 aromatic rings. The Balaban J connectivity index is 1.76. The van der Waals surface area contributed by atoms with Crippen LogP contribution in [0, 0.1) is 0 Å². The number of hydrogen-bond donors (Lipinski definition) is 3. The maximum Gasteiger partial charge on any atom is 0.407 e. The molecule has 0 fully saturated rings. The number of hydrogen-bond acceptors (Lipinski definition) is 6. The van der Waals surface area contributed by atoms with E-state index in [1.807, 2.05) is 0 Å². The summed E-state index contributed by atoms with van der Waals surface area (Å²) < 4.78 is 36.3. The van der Waals surface area contributed by atoms with Crippen LogP contribution in [0.25, 0.3) is 10.9 Å². The molecule has 2 heterocycles. The Morgan fingerprint density at radius 3 is 2.71 bits per heavy atom. The minimum absolute atomic E-state index is 0.131. The van der Waals surface area contributed by atoms with Crippen LogP contribution in [0.3, 0.4) is 0 Å². The molecule has 2 aromatic heterocycles. The second kappa shape index (κ2) is 13.2. The normalized spacial score (nSPS) is 12.1. The van der Waals surface area contributed by atoms with Crippen molar-refractivity contribution in [3.63, 3.8) is 0 Å². The highest BCUT2D eigenvalue weighted by molar-refractivity contribution is 5.89. The molecular weight excluding hydrogens is 502 g/mol. The van der Waals surface area contributed by atoms with Gasteiger partial charge in [0, 0.05) is 29.3 Å². The smallest absolute Gasteiger partial charge is 0.407 e. The van der Waals surface area contributed by atoms with Crippen LogP contribution in [0.1, 0.15) is 24.1 Å². The number of nitrogens with zero attached hydrogens (tertiary/aromatic N) is 1. The molecule has 10 nitrogen and oxygen atoms in total. The van der Waals surface area contributed by atoms with Crippen molar-refractivity contribution in [3.8, 4) is 5.75 Å². The highest BCUT2D eigenvalue weighted by Crippen LogP contribution is 2.26. The van der Waals surface area contributed by atoms with Crippen molar-refractivity contribution in [2.75, 3.05) is 13.7 Å². The summed E-state index contributed by atoms with van der Waals surface area (Å²) in [5.74, 6) is -0.773. The number of alkyl halides is 2. The number of fused-ring (bicyclic) bond motifs is 1. The van der Waals surface area contributed by atoms with Crippen molar-refractivity contribution in [2.24, 2.45) is 5.73 Å². The Morgan fingerprint density at radius 1 is 1.21 bits per heavy atom. The molecule has 1 atom stereocenters. The molecule has 0 bridgehead atoms. The molecule has 0 spiro atoms. The molecule has 0 aliphatic heterocycles. The standard InChI is InChI=1S/C26H28F2N4O6/c1-37-26(36)31-19(8-2-3-10-23(29)34)20(33)13-17-7-5-11-32(25(17)35)14-18-12-16-6-4-9-21(24(16)30-18)38-15-22(27)28/h3-7,9-12,19,22,30H,2,8,13-15H2,1H3,(H2,29,34)(H,31,36)/b10-3+/t19-/m0/s1. The number of Topliss-reactive ketones (excluding diaryl/α,β-unsaturated/α-hetero) is 1. The Morgan fingerprint density at radius 2 is 2.00 bits per heavy atom. The van der Waals surface area contributed by atoms with Crippen LogP contribution in [0.5, 0.6) is 5.75 Å². The zero-order valence-corrected chi connectivity index (χ0v) is 20.6. The van der Waals surface area contributed by atoms with E-state index in [0.29, 0.717) is 11.2 Å². The number of carbonyl (C=O) groups excluding carboxylic acids is 3. The number of ether oxygens (including phenoxy) is 2. The summed E-state index contributed by atoms with van der Waals surface area (Å²) in [5.41, 5.74) is 6.04. The largest absolute Gasteiger partial charge is 0.485 e. The zero-order chi connectivity index (χ0) is 27.7. The highest BCUT2D eigenvalue weighted by Gasteiger charge is 2.22. The summed E-state index contributed by atoms with van der Waals surface area (Å²) >= 11 is 0. The van der Waals surface area contributed by atoms with Gasteiger partial charge >= 0.3 is 6.09 Å². The lowest BCUT2D eigenvalue weighted by Gasteiger charge is -2.16. The number of rotatable bonds is 13. The number of benzene rings is 1. The number of H-pyrrole nitrogens is 1. The third-order valence-corrected chi connectivity index (χ3v) is 5.61. The average molecular weight is 531 g/mol. The van der Waals surface area contributed by atoms with Crippen molar-refractivity contribution >= 4 is 28.7 Å². The van der Waals surface area contributed by atoms with E-state index in [9.17, 15) is 28.0 Å². The summed E-state index contributed by atoms with van der Waals surface area (Å²) in [4.78, 5) is 51.8. The van der Waals surface area contributed by atoms with Crippen LogP contribution >= 0.6 is 0 Å². The summed E-state index contributed by atoms with van der Waals surface area (Å²) in [6.45, 7) is -0.609. The fraction of sp³-hybridized carbons (Fsp3) is 0.308. The molecule has 0 saturated heterocycles. The number of allylic oxidation sites excluding steroid dienone is 1. The summed E-state index contributed by atoms with van der Waals surface area (Å²) in [5, 5.41) is 3.18. The van der Waals surface area contributed by atoms with Crippen molar-refractivity contribution < 1.29 is 32.6 Å². The van der Waals surface area contributed by atoms with Crippen LogP contribution in [0.15, 0.2) is 59.5 Å². The predicted molar refractivity (Wildman–Crippen MR) is 135 cm³/mol. The molecule has 0 aliphatic rings. The second-order valence-electron chi connectivity index (χ2n) is 8.40. The van der Waals surface area contributed by atoms with Crippen molar-refractivity contribution in [1.82, 2.24) is 14.9 Å². The van der Waals surface area contributed by atoms with Gasteiger partial charge in [0.2, 0.25) is 5.91 Å². The lowest BCUT2D eigenvalue weighted by molar-refractivity contribution is -0.120. The molecule has 0 unspecified atom stereocenters. The van der Waals surface area contributed by atoms with E-state index in [0.717, 1.165) is 18.6 Å². The molecule has 38 heavy (non-hydrogen) atoms. The van der Waals surface area contributed by atoms with Gasteiger partial charge in [-0.3, -0.25) is 14.4 Å². The number of carbonyl (C=O) groups is 3. The highest BCUT2D eigenvalue weighted by atomic mass is 19.3. The molecule has 3 rings (SSSR count). The minimum atomic E-state index is -2.61. The Hall–Kier alpha value is -4.48. The lowest BCUT2D eigenvalue weighted by Crippen LogP contribution is -2.42. The van der Waals surface area contributed by atoms with Gasteiger partial charge < -0.3 is 30.1 Å². The number of nitrogens with one attached hydrogen (secondary N) is 2. The number of alkyl carbamates (subject to hydrolysis) is 1. The van der Waals surface area contributed by atoms with Gasteiger partial charge in [-0.05, 0) is 37.1 Å². The number of halogens is 2. The van der Waals surface area contributed by atoms with E-state index in [2.05, 4.69) is 15.0 Å². The molecular formula is C26H28F2N4O6. The van der Waals surface area contributed by atoms with Gasteiger partial charge in [-0.25, -0.2) is 13.6 Å². The maximum atomic E-state index is 13.1. The molecule has 1 aromatic carbocycles. The first-order valence-corrected chi connectivity index (χ1v) is 11.7. The number of pyridine rings is 1. The SMILES string of the molecule is COC(=O)N[C@@H](CC/C=C/C(N)=O)C(=O)Cc1cccn(Cc2cc3cccc(OCC(F)F)c3[nH]2)c1=O. The van der Waals surface area contributed by atoms with Crippen LogP contribution in [0.4, 0.5) is 13.6 Å². The van der Waals surface area contributed by atoms with E-state index >= 15 is 0 Å². The number of nitrogens with two attached hydrogens (primary N) is 1. The zero-order valence-electron chi connectivity index (χ0n) is 20.6. The van der Waals surface area contributed by atoms with Gasteiger partial charge in [0.15, 0.2) is 5.78 Å². The van der Waals surface area contributed by atoms with E-state index in [-0.39, 0.29) is 37.1 Å². The van der Waals surface area contributed by atoms with Crippen molar-refractivity contribution in [2.45, 2.75) is 38.3 Å². The monoisotopic (exact) mass is 530 g/mol. The number of aromatic amines is 1. The predicted octanol–water partition coefficient (Wildman–Crippen LogP) is 2.68. The summed E-state index contributed by atoms with van der Waals surface area (Å²) in [6.07, 6.45) is 1.01. The summed E-state index contributed by atoms with van der Waals surface area (Å²) in [7, 11) is 1.16. The number of para-hydroxylation sites is 1. The van der Waals surface area contributed by atoms with Crippen LogP contribution in [-0.2, 0) is 27.3 Å². The Bertz CT molecular complexity index is 1380. The van der Waals surface area contributed by atoms with Gasteiger partial charge in [0.05, 0.1) is 25.2 Å². The Kier molecular flexibility index (Phi) is 9.74. The molecule has 4 N–H and O–H groups in total.